The van der Waals surface area contributed by atoms with Crippen LogP contribution < -0.4 is 9.64 Å². The van der Waals surface area contributed by atoms with Gasteiger partial charge in [-0.1, -0.05) is 12.1 Å². The van der Waals surface area contributed by atoms with Crippen LogP contribution in [-0.2, 0) is 0 Å². The Morgan fingerprint density at radius 1 is 1.08 bits per heavy atom. The predicted octanol–water partition coefficient (Wildman–Crippen LogP) is 3.28. The molecule has 0 bridgehead atoms. The summed E-state index contributed by atoms with van der Waals surface area (Å²) < 4.78 is 19.2. The van der Waals surface area contributed by atoms with Crippen LogP contribution in [0, 0.1) is 5.82 Å². The highest BCUT2D eigenvalue weighted by Crippen LogP contribution is 2.23. The van der Waals surface area contributed by atoms with E-state index in [1.807, 2.05) is 35.2 Å². The minimum atomic E-state index is -0.225. The predicted molar refractivity (Wildman–Crippen MR) is 99.4 cm³/mol. The smallest absolute Gasteiger partial charge is 0.270 e. The van der Waals surface area contributed by atoms with Gasteiger partial charge >= 0.3 is 0 Å². The van der Waals surface area contributed by atoms with Gasteiger partial charge in [0.25, 0.3) is 5.91 Å². The van der Waals surface area contributed by atoms with Crippen molar-refractivity contribution in [3.63, 3.8) is 0 Å². The van der Waals surface area contributed by atoms with E-state index in [9.17, 15) is 9.18 Å². The summed E-state index contributed by atoms with van der Waals surface area (Å²) in [5.41, 5.74) is 2.03. The molecule has 0 aliphatic carbocycles. The number of rotatable bonds is 3. The first-order valence-electron chi connectivity index (χ1n) is 8.61. The maximum Gasteiger partial charge on any atom is 0.270 e. The normalized spacial score (nSPS) is 14.7. The average molecular weight is 353 g/mol. The molecular weight excluding hydrogens is 333 g/mol. The van der Waals surface area contributed by atoms with E-state index in [-0.39, 0.29) is 11.7 Å². The number of hydrogen-bond donors (Lipinski definition) is 1. The van der Waals surface area contributed by atoms with Crippen molar-refractivity contribution in [2.45, 2.75) is 0 Å². The fraction of sp³-hybridized carbons (Fsp3) is 0.250. The van der Waals surface area contributed by atoms with E-state index in [2.05, 4.69) is 4.98 Å². The molecule has 0 unspecified atom stereocenters. The fourth-order valence-corrected chi connectivity index (χ4v) is 3.38. The van der Waals surface area contributed by atoms with Gasteiger partial charge < -0.3 is 19.5 Å². The number of hydrogen-bond acceptors (Lipinski definition) is 3. The number of halogens is 1. The van der Waals surface area contributed by atoms with Crippen LogP contribution in [0.5, 0.6) is 5.75 Å². The summed E-state index contributed by atoms with van der Waals surface area (Å²) >= 11 is 0. The lowest BCUT2D eigenvalue weighted by Gasteiger charge is -2.36. The molecular formula is C20H20FN3O2. The van der Waals surface area contributed by atoms with Crippen LogP contribution in [0.2, 0.25) is 0 Å². The lowest BCUT2D eigenvalue weighted by atomic mass is 10.2. The largest absolute Gasteiger partial charge is 0.497 e. The number of anilines is 1. The molecule has 1 saturated heterocycles. The second-order valence-corrected chi connectivity index (χ2v) is 6.37. The molecule has 4 rings (SSSR count). The van der Waals surface area contributed by atoms with E-state index in [1.165, 1.54) is 6.07 Å². The molecule has 1 aliphatic rings. The van der Waals surface area contributed by atoms with E-state index < -0.39 is 0 Å². The first-order chi connectivity index (χ1) is 12.7. The molecule has 2 heterocycles. The van der Waals surface area contributed by atoms with Crippen LogP contribution in [0.1, 0.15) is 10.5 Å². The zero-order chi connectivity index (χ0) is 18.1. The van der Waals surface area contributed by atoms with E-state index in [1.54, 1.807) is 24.1 Å². The molecule has 134 valence electrons. The van der Waals surface area contributed by atoms with Crippen LogP contribution in [-0.4, -0.2) is 49.1 Å². The highest BCUT2D eigenvalue weighted by atomic mass is 19.1. The lowest BCUT2D eigenvalue weighted by Crippen LogP contribution is -2.49. The Bertz CT molecular complexity index is 945. The quantitative estimate of drug-likeness (QED) is 0.786. The number of benzene rings is 2. The number of amides is 1. The van der Waals surface area contributed by atoms with Gasteiger partial charge in [-0.05, 0) is 30.3 Å². The van der Waals surface area contributed by atoms with Crippen LogP contribution in [0.3, 0.4) is 0 Å². The number of piperazine rings is 1. The van der Waals surface area contributed by atoms with Gasteiger partial charge in [0.1, 0.15) is 17.3 Å². The summed E-state index contributed by atoms with van der Waals surface area (Å²) in [7, 11) is 1.62. The molecule has 0 saturated carbocycles. The highest BCUT2D eigenvalue weighted by Gasteiger charge is 2.24. The Hall–Kier alpha value is -3.02. The summed E-state index contributed by atoms with van der Waals surface area (Å²) in [6, 6.07) is 14.3. The van der Waals surface area contributed by atoms with E-state index >= 15 is 0 Å². The first kappa shape index (κ1) is 16.4. The molecule has 5 nitrogen and oxygen atoms in total. The van der Waals surface area contributed by atoms with E-state index in [0.29, 0.717) is 37.6 Å². The number of aromatic amines is 1. The Balaban J connectivity index is 1.47. The third kappa shape index (κ3) is 2.98. The Morgan fingerprint density at radius 2 is 1.85 bits per heavy atom. The number of H-pyrrole nitrogens is 1. The first-order valence-corrected chi connectivity index (χ1v) is 8.61. The number of fused-ring (bicyclic) bond motifs is 1. The number of methoxy groups -OCH3 is 1. The van der Waals surface area contributed by atoms with Gasteiger partial charge in [0.05, 0.1) is 12.8 Å². The number of carbonyl (C=O) groups is 1. The van der Waals surface area contributed by atoms with Crippen molar-refractivity contribution >= 4 is 22.5 Å². The molecule has 6 heteroatoms. The highest BCUT2D eigenvalue weighted by molar-refractivity contribution is 5.98. The molecule has 3 aromatic rings. The van der Waals surface area contributed by atoms with Gasteiger partial charge in [0, 0.05) is 43.1 Å². The molecule has 0 atom stereocenters. The Labute approximate surface area is 151 Å². The topological polar surface area (TPSA) is 48.6 Å². The lowest BCUT2D eigenvalue weighted by molar-refractivity contribution is 0.0741. The standard InChI is InChI=1S/C20H20FN3O2/c1-26-15-7-6-14-12-18(22-17(14)13-15)20(25)24-10-8-23(9-11-24)19-5-3-2-4-16(19)21/h2-7,12-13,22H,8-11H2,1H3. The number of ether oxygens (including phenoxy) is 1. The minimum Gasteiger partial charge on any atom is -0.497 e. The van der Waals surface area contributed by atoms with Crippen LogP contribution >= 0.6 is 0 Å². The number of nitrogens with zero attached hydrogens (tertiary/aromatic N) is 2. The van der Waals surface area contributed by atoms with Crippen molar-refractivity contribution in [1.82, 2.24) is 9.88 Å². The molecule has 1 aliphatic heterocycles. The molecule has 1 amide bonds. The third-order valence-corrected chi connectivity index (χ3v) is 4.82. The second kappa shape index (κ2) is 6.71. The average Bonchev–Trinajstić information content (AvgIpc) is 3.11. The van der Waals surface area contributed by atoms with Crippen molar-refractivity contribution in [1.29, 1.82) is 0 Å². The van der Waals surface area contributed by atoms with Gasteiger partial charge in [0.2, 0.25) is 0 Å². The Kier molecular flexibility index (Phi) is 4.24. The number of para-hydroxylation sites is 1. The summed E-state index contributed by atoms with van der Waals surface area (Å²) in [6.07, 6.45) is 0. The number of nitrogens with one attached hydrogen (secondary N) is 1. The third-order valence-electron chi connectivity index (χ3n) is 4.82. The summed E-state index contributed by atoms with van der Waals surface area (Å²) in [5, 5.41) is 0.971. The SMILES string of the molecule is COc1ccc2cc(C(=O)N3CCN(c4ccccc4F)CC3)[nH]c2c1. The molecule has 0 spiro atoms. The molecule has 1 aromatic heterocycles. The summed E-state index contributed by atoms with van der Waals surface area (Å²) in [4.78, 5) is 19.8. The van der Waals surface area contributed by atoms with Gasteiger partial charge in [-0.3, -0.25) is 4.79 Å². The monoisotopic (exact) mass is 353 g/mol. The molecule has 1 N–H and O–H groups in total. The molecule has 0 radical (unpaired) electrons. The summed E-state index contributed by atoms with van der Waals surface area (Å²) in [6.45, 7) is 2.35. The van der Waals surface area contributed by atoms with Crippen molar-refractivity contribution in [2.24, 2.45) is 0 Å². The van der Waals surface area contributed by atoms with Gasteiger partial charge in [0.15, 0.2) is 0 Å². The molecule has 2 aromatic carbocycles. The minimum absolute atomic E-state index is 0.0339. The van der Waals surface area contributed by atoms with Gasteiger partial charge in [-0.25, -0.2) is 4.39 Å². The van der Waals surface area contributed by atoms with Crippen LogP contribution in [0.15, 0.2) is 48.5 Å². The van der Waals surface area contributed by atoms with Crippen LogP contribution in [0.25, 0.3) is 10.9 Å². The fourth-order valence-electron chi connectivity index (χ4n) is 3.38. The van der Waals surface area contributed by atoms with Crippen molar-refractivity contribution in [3.8, 4) is 5.75 Å². The molecule has 26 heavy (non-hydrogen) atoms. The van der Waals surface area contributed by atoms with Gasteiger partial charge in [-0.2, -0.15) is 0 Å². The van der Waals surface area contributed by atoms with Gasteiger partial charge in [-0.15, -0.1) is 0 Å². The second-order valence-electron chi connectivity index (χ2n) is 6.37. The maximum atomic E-state index is 13.9. The summed E-state index contributed by atoms with van der Waals surface area (Å²) in [5.74, 6) is 0.488. The van der Waals surface area contributed by atoms with Crippen molar-refractivity contribution in [3.05, 3.63) is 60.0 Å². The van der Waals surface area contributed by atoms with E-state index in [0.717, 1.165) is 16.7 Å². The van der Waals surface area contributed by atoms with E-state index in [4.69, 9.17) is 4.74 Å². The van der Waals surface area contributed by atoms with Crippen molar-refractivity contribution < 1.29 is 13.9 Å². The molecule has 1 fully saturated rings. The maximum absolute atomic E-state index is 13.9. The van der Waals surface area contributed by atoms with Crippen molar-refractivity contribution in [2.75, 3.05) is 38.2 Å². The zero-order valence-corrected chi connectivity index (χ0v) is 14.5. The Morgan fingerprint density at radius 3 is 2.58 bits per heavy atom. The number of aromatic nitrogens is 1. The number of carbonyl (C=O) groups excluding carboxylic acids is 1. The van der Waals surface area contributed by atoms with Crippen LogP contribution in [0.4, 0.5) is 10.1 Å². The zero-order valence-electron chi connectivity index (χ0n) is 14.5.